The van der Waals surface area contributed by atoms with E-state index in [1.807, 2.05) is 21.1 Å². The van der Waals surface area contributed by atoms with Crippen LogP contribution in [0, 0.1) is 0 Å². The number of esters is 2. The second-order valence-electron chi connectivity index (χ2n) is 26.9. The summed E-state index contributed by atoms with van der Waals surface area (Å²) in [5.74, 6) is -2.27. The first-order valence-electron chi connectivity index (χ1n) is 38.5. The largest absolute Gasteiger partial charge is 0.545 e. The van der Waals surface area contributed by atoms with E-state index in [9.17, 15) is 19.5 Å². The summed E-state index contributed by atoms with van der Waals surface area (Å²) in [6, 6.07) is 0. The second-order valence-corrected chi connectivity index (χ2v) is 26.9. The lowest BCUT2D eigenvalue weighted by molar-refractivity contribution is -0.870. The maximum atomic E-state index is 13.0. The molecule has 0 heterocycles. The predicted molar refractivity (Wildman–Crippen MR) is 394 cm³/mol. The number of hydrogen-bond acceptors (Lipinski definition) is 8. The Morgan fingerprint density at radius 2 is 0.620 bits per heavy atom. The van der Waals surface area contributed by atoms with Gasteiger partial charge in [0.2, 0.25) is 0 Å². The standard InChI is InChI=1S/C83H145NO8/c1-6-8-10-12-14-16-18-20-22-24-26-28-30-32-34-36-37-38-39-40-41-42-43-44-45-46-48-50-52-54-56-58-60-62-64-66-68-70-72-74-81(86)92-79(78-91-83(82(87)88)89-76-75-84(3,4)5)77-90-80(85)73-71-69-67-65-63-61-59-57-55-53-51-49-47-35-33-31-29-27-25-23-21-19-17-15-13-11-9-7-2/h8,10,14,16,20,22,26,28,32,34,37-38,40-41,43-44,46,48,79,83H,6-7,9,11-13,15,17-19,21,23-25,27,29-31,33,35-36,39,42,45,47,49-78H2,1-5H3/b10-8-,16-14-,22-20-,28-26-,34-32-,38-37-,41-40-,44-43-,48-46-. The first-order valence-corrected chi connectivity index (χ1v) is 38.5. The number of rotatable bonds is 71. The van der Waals surface area contributed by atoms with Crippen molar-refractivity contribution in [1.82, 2.24) is 0 Å². The fraction of sp³-hybridized carbons (Fsp3) is 0.747. The lowest BCUT2D eigenvalue weighted by Gasteiger charge is -2.26. The van der Waals surface area contributed by atoms with Gasteiger partial charge in [-0.3, -0.25) is 9.59 Å². The van der Waals surface area contributed by atoms with Crippen molar-refractivity contribution < 1.29 is 42.9 Å². The molecule has 9 nitrogen and oxygen atoms in total. The van der Waals surface area contributed by atoms with Gasteiger partial charge in [0.1, 0.15) is 13.2 Å². The van der Waals surface area contributed by atoms with Crippen molar-refractivity contribution in [2.24, 2.45) is 0 Å². The first-order chi connectivity index (χ1) is 45.1. The predicted octanol–water partition coefficient (Wildman–Crippen LogP) is 23.2. The number of nitrogens with zero attached hydrogens (tertiary/aromatic N) is 1. The van der Waals surface area contributed by atoms with Crippen molar-refractivity contribution in [1.29, 1.82) is 0 Å². The number of carbonyl (C=O) groups excluding carboxylic acids is 3. The fourth-order valence-corrected chi connectivity index (χ4v) is 10.9. The third kappa shape index (κ3) is 73.4. The molecular weight excluding hydrogens is 1140 g/mol. The highest BCUT2D eigenvalue weighted by atomic mass is 16.7. The molecule has 0 aliphatic heterocycles. The molecule has 530 valence electrons. The minimum atomic E-state index is -1.63. The molecule has 0 aliphatic rings. The number of carboxylic acids is 1. The molecule has 2 atom stereocenters. The van der Waals surface area contributed by atoms with E-state index >= 15 is 0 Å². The summed E-state index contributed by atoms with van der Waals surface area (Å²) in [7, 11) is 5.94. The molecule has 92 heavy (non-hydrogen) atoms. The zero-order valence-corrected chi connectivity index (χ0v) is 60.7. The van der Waals surface area contributed by atoms with Gasteiger partial charge in [0.25, 0.3) is 0 Å². The van der Waals surface area contributed by atoms with Gasteiger partial charge in [-0.1, -0.05) is 354 Å². The molecule has 0 aromatic carbocycles. The highest BCUT2D eigenvalue weighted by molar-refractivity contribution is 5.70. The Labute approximate surface area is 568 Å². The van der Waals surface area contributed by atoms with E-state index in [0.717, 1.165) is 103 Å². The lowest BCUT2D eigenvalue weighted by Crippen LogP contribution is -2.44. The van der Waals surface area contributed by atoms with Gasteiger partial charge in [0.15, 0.2) is 12.4 Å². The Balaban J connectivity index is 4.08. The van der Waals surface area contributed by atoms with Crippen molar-refractivity contribution in [3.05, 3.63) is 109 Å². The minimum Gasteiger partial charge on any atom is -0.545 e. The molecule has 0 fully saturated rings. The third-order valence-corrected chi connectivity index (χ3v) is 16.8. The van der Waals surface area contributed by atoms with Crippen molar-refractivity contribution >= 4 is 17.9 Å². The van der Waals surface area contributed by atoms with Crippen molar-refractivity contribution in [3.8, 4) is 0 Å². The maximum Gasteiger partial charge on any atom is 0.306 e. The molecule has 0 rings (SSSR count). The zero-order valence-electron chi connectivity index (χ0n) is 60.7. The van der Waals surface area contributed by atoms with Gasteiger partial charge in [-0.25, -0.2) is 0 Å². The zero-order chi connectivity index (χ0) is 66.8. The van der Waals surface area contributed by atoms with Crippen LogP contribution in [0.25, 0.3) is 0 Å². The summed E-state index contributed by atoms with van der Waals surface area (Å²) >= 11 is 0. The topological polar surface area (TPSA) is 111 Å². The molecule has 0 saturated carbocycles. The van der Waals surface area contributed by atoms with E-state index in [1.165, 1.54) is 205 Å². The summed E-state index contributed by atoms with van der Waals surface area (Å²) in [6.07, 6.45) is 99.1. The van der Waals surface area contributed by atoms with Gasteiger partial charge < -0.3 is 33.3 Å². The summed E-state index contributed by atoms with van der Waals surface area (Å²) in [5, 5.41) is 11.8. The number of aliphatic carboxylic acids is 1. The molecule has 0 saturated heterocycles. The summed E-state index contributed by atoms with van der Waals surface area (Å²) in [6.45, 7) is 4.67. The summed E-state index contributed by atoms with van der Waals surface area (Å²) < 4.78 is 22.8. The highest BCUT2D eigenvalue weighted by Gasteiger charge is 2.22. The van der Waals surface area contributed by atoms with Crippen LogP contribution in [0.5, 0.6) is 0 Å². The molecule has 0 spiro atoms. The van der Waals surface area contributed by atoms with E-state index in [4.69, 9.17) is 18.9 Å². The molecule has 0 aromatic heterocycles. The Bertz CT molecular complexity index is 1880. The number of carboxylic acid groups (broad SMARTS) is 1. The maximum absolute atomic E-state index is 13.0. The normalized spacial score (nSPS) is 13.3. The minimum absolute atomic E-state index is 0.145. The van der Waals surface area contributed by atoms with E-state index < -0.39 is 24.3 Å². The molecular formula is C83H145NO8. The van der Waals surface area contributed by atoms with Crippen LogP contribution in [0.2, 0.25) is 0 Å². The number of carbonyl (C=O) groups is 3. The lowest BCUT2D eigenvalue weighted by atomic mass is 10.0. The molecule has 0 N–H and O–H groups in total. The van der Waals surface area contributed by atoms with Gasteiger partial charge in [-0.2, -0.15) is 0 Å². The fourth-order valence-electron chi connectivity index (χ4n) is 10.9. The van der Waals surface area contributed by atoms with Crippen molar-refractivity contribution in [2.45, 2.75) is 354 Å². The molecule has 0 radical (unpaired) electrons. The van der Waals surface area contributed by atoms with E-state index in [-0.39, 0.29) is 32.2 Å². The Morgan fingerprint density at radius 1 is 0.337 bits per heavy atom. The number of ether oxygens (including phenoxy) is 4. The second kappa shape index (κ2) is 72.8. The van der Waals surface area contributed by atoms with E-state index in [2.05, 4.69) is 123 Å². The molecule has 2 unspecified atom stereocenters. The van der Waals surface area contributed by atoms with Gasteiger partial charge in [0.05, 0.1) is 40.3 Å². The van der Waals surface area contributed by atoms with Gasteiger partial charge in [0, 0.05) is 12.8 Å². The average Bonchev–Trinajstić information content (AvgIpc) is 3.75. The quantitative estimate of drug-likeness (QED) is 0.0195. The number of quaternary nitrogens is 1. The molecule has 0 aromatic rings. The van der Waals surface area contributed by atoms with Crippen LogP contribution in [0.3, 0.4) is 0 Å². The smallest absolute Gasteiger partial charge is 0.306 e. The van der Waals surface area contributed by atoms with Crippen LogP contribution in [-0.2, 0) is 33.3 Å². The van der Waals surface area contributed by atoms with Crippen LogP contribution < -0.4 is 5.11 Å². The molecule has 0 aliphatic carbocycles. The van der Waals surface area contributed by atoms with E-state index in [0.29, 0.717) is 23.9 Å². The van der Waals surface area contributed by atoms with Crippen LogP contribution in [0.4, 0.5) is 0 Å². The van der Waals surface area contributed by atoms with Crippen LogP contribution >= 0.6 is 0 Å². The number of unbranched alkanes of at least 4 members (excludes halogenated alkanes) is 38. The van der Waals surface area contributed by atoms with Crippen LogP contribution in [-0.4, -0.2) is 82.3 Å². The van der Waals surface area contributed by atoms with E-state index in [1.54, 1.807) is 0 Å². The average molecular weight is 1290 g/mol. The number of likely N-dealkylation sites (N-methyl/N-ethyl adjacent to an activating group) is 1. The highest BCUT2D eigenvalue weighted by Crippen LogP contribution is 2.19. The third-order valence-electron chi connectivity index (χ3n) is 16.8. The van der Waals surface area contributed by atoms with Crippen LogP contribution in [0.15, 0.2) is 109 Å². The first kappa shape index (κ1) is 88.0. The van der Waals surface area contributed by atoms with Crippen LogP contribution in [0.1, 0.15) is 341 Å². The summed E-state index contributed by atoms with van der Waals surface area (Å²) in [4.78, 5) is 37.6. The molecule has 9 heteroatoms. The Hall–Kier alpha value is -4.05. The Morgan fingerprint density at radius 3 is 0.924 bits per heavy atom. The van der Waals surface area contributed by atoms with Crippen molar-refractivity contribution in [3.63, 3.8) is 0 Å². The number of allylic oxidation sites excluding steroid dienone is 18. The Kier molecular flexibility index (Phi) is 69.6. The summed E-state index contributed by atoms with van der Waals surface area (Å²) in [5.41, 5.74) is 0. The van der Waals surface area contributed by atoms with Gasteiger partial charge in [-0.15, -0.1) is 0 Å². The number of hydrogen-bond donors (Lipinski definition) is 0. The van der Waals surface area contributed by atoms with Crippen molar-refractivity contribution in [2.75, 3.05) is 47.5 Å². The molecule has 0 amide bonds. The van der Waals surface area contributed by atoms with Gasteiger partial charge in [-0.05, 0) is 83.5 Å². The SMILES string of the molecule is CC/C=C\C/C=C\C/C=C\C/C=C\C/C=C\C/C=C\C/C=C\C/C=C\C/C=C\CCCCCCCCCCCCCC(=O)OC(COC(=O)CCCCCCCCCCCCCCCCCCCCCCCCCCCCCC)COC(OCC[N+](C)(C)C)C(=O)[O-]. The molecule has 0 bridgehead atoms. The van der Waals surface area contributed by atoms with Gasteiger partial charge >= 0.3 is 11.9 Å². The monoisotopic (exact) mass is 1280 g/mol.